The Bertz CT molecular complexity index is 209. The molecule has 0 fully saturated rings. The normalized spacial score (nSPS) is 10.0. The largest absolute Gasteiger partial charge is 0.465 e. The number of esters is 1. The first-order valence-electron chi connectivity index (χ1n) is 2.50. The molecule has 0 aromatic carbocycles. The first kappa shape index (κ1) is 13.6. The molecule has 1 N–H and O–H groups in total. The molecule has 0 saturated heterocycles. The first-order chi connectivity index (χ1) is 4.42. The Morgan fingerprint density at radius 3 is 2.27 bits per heavy atom. The zero-order chi connectivity index (χ0) is 8.20. The van der Waals surface area contributed by atoms with Gasteiger partial charge >= 0.3 is 5.97 Å². The summed E-state index contributed by atoms with van der Waals surface area (Å²) in [7, 11) is -4.00. The number of carbonyl (C=O) groups excluding carboxylic acids is 1. The van der Waals surface area contributed by atoms with Crippen LogP contribution in [0.25, 0.3) is 0 Å². The number of rotatable bonds is 3. The molecule has 0 amide bonds. The van der Waals surface area contributed by atoms with Gasteiger partial charge < -0.3 is 4.74 Å². The predicted molar refractivity (Wildman–Crippen MR) is 38.8 cm³/mol. The minimum Gasteiger partial charge on any atom is -0.465 e. The van der Waals surface area contributed by atoms with Crippen LogP contribution in [0.5, 0.6) is 0 Å². The van der Waals surface area contributed by atoms with E-state index in [-0.39, 0.29) is 25.5 Å². The molecule has 61 valence electrons. The Morgan fingerprint density at radius 1 is 1.55 bits per heavy atom. The molecule has 0 aromatic heterocycles. The van der Waals surface area contributed by atoms with Gasteiger partial charge in [-0.15, -0.1) is 0 Å². The van der Waals surface area contributed by atoms with Gasteiger partial charge in [0.15, 0.2) is 0 Å². The van der Waals surface area contributed by atoms with E-state index >= 15 is 0 Å². The van der Waals surface area contributed by atoms with Crippen LogP contribution in [0.3, 0.4) is 0 Å². The molecule has 0 heterocycles. The number of carbonyl (C=O) groups is 1. The zero-order valence-electron chi connectivity index (χ0n) is 6.40. The molecule has 0 bridgehead atoms. The van der Waals surface area contributed by atoms with Gasteiger partial charge in [0.25, 0.3) is 10.1 Å². The Balaban J connectivity index is 0. The molecule has 0 aliphatic carbocycles. The Morgan fingerprint density at radius 2 is 2.00 bits per heavy atom. The standard InChI is InChI=1S/C4H8O5S.Li/c1-4(5)9-2-3-10(6,7)8;/h2-3H2,1H3,(H,6,7,8);. The summed E-state index contributed by atoms with van der Waals surface area (Å²) in [5, 5.41) is 0. The molecule has 11 heavy (non-hydrogen) atoms. The van der Waals surface area contributed by atoms with Crippen molar-refractivity contribution in [2.45, 2.75) is 6.92 Å². The minimum absolute atomic E-state index is 0. The van der Waals surface area contributed by atoms with Gasteiger partial charge in [0.05, 0.1) is 0 Å². The van der Waals surface area contributed by atoms with Gasteiger partial charge in [0.2, 0.25) is 0 Å². The molecule has 7 heteroatoms. The molecule has 0 aliphatic heterocycles. The maximum Gasteiger partial charge on any atom is 0.302 e. The first-order valence-corrected chi connectivity index (χ1v) is 4.11. The van der Waals surface area contributed by atoms with Crippen LogP contribution in [-0.2, 0) is 19.6 Å². The van der Waals surface area contributed by atoms with Crippen LogP contribution in [-0.4, -0.2) is 50.2 Å². The summed E-state index contributed by atoms with van der Waals surface area (Å²) in [4.78, 5) is 10.0. The van der Waals surface area contributed by atoms with E-state index in [2.05, 4.69) is 4.74 Å². The van der Waals surface area contributed by atoms with E-state index in [1.54, 1.807) is 0 Å². The van der Waals surface area contributed by atoms with E-state index in [0.29, 0.717) is 0 Å². The summed E-state index contributed by atoms with van der Waals surface area (Å²) in [6.45, 7) is 0.859. The summed E-state index contributed by atoms with van der Waals surface area (Å²) < 4.78 is 32.3. The molecule has 0 aliphatic rings. The Hall–Kier alpha value is -0.0226. The fourth-order valence-corrected chi connectivity index (χ4v) is 0.585. The number of hydrogen-bond acceptors (Lipinski definition) is 4. The SMILES string of the molecule is CC(=O)OCCS(=O)(=O)O.[Li]. The topological polar surface area (TPSA) is 80.7 Å². The van der Waals surface area contributed by atoms with E-state index in [9.17, 15) is 13.2 Å². The van der Waals surface area contributed by atoms with E-state index in [1.165, 1.54) is 0 Å². The maximum absolute atomic E-state index is 10.0. The second-order valence-electron chi connectivity index (χ2n) is 1.63. The summed E-state index contributed by atoms with van der Waals surface area (Å²) in [5.41, 5.74) is 0. The van der Waals surface area contributed by atoms with Gasteiger partial charge in [0, 0.05) is 25.8 Å². The molecule has 0 spiro atoms. The van der Waals surface area contributed by atoms with Gasteiger partial charge in [-0.1, -0.05) is 0 Å². The predicted octanol–water partition coefficient (Wildman–Crippen LogP) is -0.944. The van der Waals surface area contributed by atoms with Gasteiger partial charge in [0.1, 0.15) is 12.4 Å². The summed E-state index contributed by atoms with van der Waals surface area (Å²) >= 11 is 0. The van der Waals surface area contributed by atoms with E-state index in [1.807, 2.05) is 0 Å². The van der Waals surface area contributed by atoms with Crippen LogP contribution < -0.4 is 0 Å². The van der Waals surface area contributed by atoms with Crippen molar-refractivity contribution in [2.24, 2.45) is 0 Å². The number of hydrogen-bond donors (Lipinski definition) is 1. The summed E-state index contributed by atoms with van der Waals surface area (Å²) in [6.07, 6.45) is 0. The Labute approximate surface area is 77.0 Å². The molecule has 5 nitrogen and oxygen atoms in total. The van der Waals surface area contributed by atoms with Crippen molar-refractivity contribution in [3.8, 4) is 0 Å². The van der Waals surface area contributed by atoms with E-state index in [4.69, 9.17) is 4.55 Å². The third-order valence-corrected chi connectivity index (χ3v) is 1.33. The van der Waals surface area contributed by atoms with Crippen molar-refractivity contribution in [2.75, 3.05) is 12.4 Å². The van der Waals surface area contributed by atoms with Crippen LogP contribution in [0, 0.1) is 0 Å². The van der Waals surface area contributed by atoms with Crippen molar-refractivity contribution >= 4 is 34.9 Å². The maximum atomic E-state index is 10.0. The van der Waals surface area contributed by atoms with E-state index in [0.717, 1.165) is 6.92 Å². The Kier molecular flexibility index (Phi) is 6.91. The molecule has 0 rings (SSSR count). The second-order valence-corrected chi connectivity index (χ2v) is 3.20. The van der Waals surface area contributed by atoms with Crippen LogP contribution in [0.4, 0.5) is 0 Å². The third kappa shape index (κ3) is 13.0. The van der Waals surface area contributed by atoms with Gasteiger partial charge in [-0.25, -0.2) is 0 Å². The van der Waals surface area contributed by atoms with Gasteiger partial charge in [-0.2, -0.15) is 8.42 Å². The second kappa shape index (κ2) is 5.61. The minimum atomic E-state index is -4.00. The van der Waals surface area contributed by atoms with Crippen molar-refractivity contribution in [3.05, 3.63) is 0 Å². The van der Waals surface area contributed by atoms with Crippen molar-refractivity contribution < 1.29 is 22.5 Å². The van der Waals surface area contributed by atoms with Gasteiger partial charge in [-0.3, -0.25) is 9.35 Å². The van der Waals surface area contributed by atoms with Crippen LogP contribution >= 0.6 is 0 Å². The monoisotopic (exact) mass is 175 g/mol. The quantitative estimate of drug-likeness (QED) is 0.340. The molecular formula is C4H8LiO5S. The van der Waals surface area contributed by atoms with Crippen molar-refractivity contribution in [3.63, 3.8) is 0 Å². The molecule has 1 radical (unpaired) electrons. The summed E-state index contributed by atoms with van der Waals surface area (Å²) in [6, 6.07) is 0. The zero-order valence-corrected chi connectivity index (χ0v) is 7.22. The van der Waals surface area contributed by atoms with Crippen molar-refractivity contribution in [1.29, 1.82) is 0 Å². The third-order valence-electron chi connectivity index (χ3n) is 0.647. The average molecular weight is 175 g/mol. The van der Waals surface area contributed by atoms with Crippen LogP contribution in [0.2, 0.25) is 0 Å². The fraction of sp³-hybridized carbons (Fsp3) is 0.750. The average Bonchev–Trinajstić information content (AvgIpc) is 1.59. The van der Waals surface area contributed by atoms with Crippen molar-refractivity contribution in [1.82, 2.24) is 0 Å². The fourth-order valence-electron chi connectivity index (χ4n) is 0.291. The smallest absolute Gasteiger partial charge is 0.302 e. The molecule has 0 saturated carbocycles. The molecule has 0 unspecified atom stereocenters. The van der Waals surface area contributed by atoms with Crippen LogP contribution in [0.1, 0.15) is 6.92 Å². The van der Waals surface area contributed by atoms with E-state index < -0.39 is 21.8 Å². The molecular weight excluding hydrogens is 167 g/mol. The summed E-state index contributed by atoms with van der Waals surface area (Å²) in [5.74, 6) is -1.12. The molecule has 0 aromatic rings. The van der Waals surface area contributed by atoms with Crippen LogP contribution in [0.15, 0.2) is 0 Å². The number of ether oxygens (including phenoxy) is 1. The molecule has 0 atom stereocenters. The van der Waals surface area contributed by atoms with Gasteiger partial charge in [-0.05, 0) is 0 Å².